The molecule has 1 aliphatic rings. The average molecular weight is 468 g/mol. The van der Waals surface area contributed by atoms with E-state index >= 15 is 0 Å². The molecule has 0 spiro atoms. The van der Waals surface area contributed by atoms with Gasteiger partial charge in [-0.05, 0) is 48.7 Å². The molecular weight excluding hydrogens is 438 g/mol. The van der Waals surface area contributed by atoms with Crippen LogP contribution in [0.4, 0.5) is 0 Å². The number of rotatable bonds is 10. The molecule has 1 amide bonds. The first kappa shape index (κ1) is 23.2. The Labute approximate surface area is 199 Å². The number of carbonyl (C=O) groups is 1. The number of hydrogen-bond donors (Lipinski definition) is 2. The fourth-order valence-electron chi connectivity index (χ4n) is 4.29. The summed E-state index contributed by atoms with van der Waals surface area (Å²) in [5.74, 6) is 0.813. The zero-order chi connectivity index (χ0) is 23.4. The predicted molar refractivity (Wildman–Crippen MR) is 130 cm³/mol. The van der Waals surface area contributed by atoms with Crippen molar-refractivity contribution in [3.63, 3.8) is 0 Å². The fraction of sp³-hybridized carbons (Fsp3) is 0.385. The Bertz CT molecular complexity index is 1110. The number of fused-ring (bicyclic) bond motifs is 1. The average Bonchev–Trinajstić information content (AvgIpc) is 3.35. The highest BCUT2D eigenvalue weighted by Crippen LogP contribution is 2.45. The van der Waals surface area contributed by atoms with E-state index in [1.807, 2.05) is 29.2 Å². The number of ether oxygens (including phenoxy) is 1. The van der Waals surface area contributed by atoms with Crippen LogP contribution in [0.25, 0.3) is 11.3 Å². The molecule has 1 aromatic heterocycles. The van der Waals surface area contributed by atoms with E-state index in [0.29, 0.717) is 35.1 Å². The first-order valence-electron chi connectivity index (χ1n) is 11.7. The molecule has 2 heterocycles. The Morgan fingerprint density at radius 3 is 2.58 bits per heavy atom. The Kier molecular flexibility index (Phi) is 7.23. The van der Waals surface area contributed by atoms with Gasteiger partial charge in [-0.2, -0.15) is 5.10 Å². The van der Waals surface area contributed by atoms with Gasteiger partial charge in [-0.15, -0.1) is 0 Å². The maximum atomic E-state index is 13.4. The molecule has 1 atom stereocenters. The van der Waals surface area contributed by atoms with Crippen LogP contribution in [0, 0.1) is 0 Å². The van der Waals surface area contributed by atoms with Crippen molar-refractivity contribution in [1.82, 2.24) is 15.1 Å². The molecule has 6 nitrogen and oxygen atoms in total. The molecule has 2 aromatic carbocycles. The molecule has 174 valence electrons. The number of phenolic OH excluding ortho intramolecular Hbond substituents is 1. The quantitative estimate of drug-likeness (QED) is 0.340. The standard InChI is InChI=1S/C26H30ClN3O3/c1-3-5-7-14-30-25(17-8-11-19(12-9-17)33-15-6-4-2)22-23(28-29-24(22)26(30)32)20-16-18(27)10-13-21(20)31/h8-13,16,25,31H,3-7,14-15H2,1-2H3,(H,28,29). The normalized spacial score (nSPS) is 15.2. The minimum absolute atomic E-state index is 0.0732. The number of H-pyrrole nitrogens is 1. The summed E-state index contributed by atoms with van der Waals surface area (Å²) in [4.78, 5) is 15.3. The molecular formula is C26H30ClN3O3. The van der Waals surface area contributed by atoms with Crippen LogP contribution in [0.2, 0.25) is 5.02 Å². The lowest BCUT2D eigenvalue weighted by Gasteiger charge is -2.26. The topological polar surface area (TPSA) is 78.5 Å². The van der Waals surface area contributed by atoms with Crippen molar-refractivity contribution >= 4 is 17.5 Å². The van der Waals surface area contributed by atoms with Gasteiger partial charge < -0.3 is 14.7 Å². The Balaban J connectivity index is 1.74. The van der Waals surface area contributed by atoms with Crippen molar-refractivity contribution in [3.8, 4) is 22.8 Å². The van der Waals surface area contributed by atoms with E-state index in [9.17, 15) is 9.90 Å². The van der Waals surface area contributed by atoms with E-state index in [4.69, 9.17) is 16.3 Å². The summed E-state index contributed by atoms with van der Waals surface area (Å²) in [6, 6.07) is 12.5. The van der Waals surface area contributed by atoms with Crippen molar-refractivity contribution in [1.29, 1.82) is 0 Å². The van der Waals surface area contributed by atoms with Crippen molar-refractivity contribution in [2.75, 3.05) is 13.2 Å². The molecule has 0 radical (unpaired) electrons. The Hall–Kier alpha value is -2.99. The molecule has 0 saturated heterocycles. The van der Waals surface area contributed by atoms with Gasteiger partial charge in [0, 0.05) is 22.7 Å². The smallest absolute Gasteiger partial charge is 0.273 e. The number of nitrogens with zero attached hydrogens (tertiary/aromatic N) is 2. The molecule has 1 unspecified atom stereocenters. The number of unbranched alkanes of at least 4 members (excludes halogenated alkanes) is 3. The van der Waals surface area contributed by atoms with Crippen LogP contribution < -0.4 is 4.74 Å². The number of nitrogens with one attached hydrogen (secondary N) is 1. The molecule has 2 N–H and O–H groups in total. The van der Waals surface area contributed by atoms with Gasteiger partial charge in [0.2, 0.25) is 0 Å². The lowest BCUT2D eigenvalue weighted by Crippen LogP contribution is -2.30. The maximum absolute atomic E-state index is 13.4. The molecule has 0 saturated carbocycles. The van der Waals surface area contributed by atoms with E-state index in [0.717, 1.165) is 49.0 Å². The number of carbonyl (C=O) groups excluding carboxylic acids is 1. The van der Waals surface area contributed by atoms with Crippen LogP contribution in [0.5, 0.6) is 11.5 Å². The van der Waals surface area contributed by atoms with E-state index in [1.165, 1.54) is 0 Å². The van der Waals surface area contributed by atoms with E-state index < -0.39 is 0 Å². The van der Waals surface area contributed by atoms with Gasteiger partial charge in [0.15, 0.2) is 0 Å². The van der Waals surface area contributed by atoms with Crippen LogP contribution in [0.3, 0.4) is 0 Å². The number of benzene rings is 2. The van der Waals surface area contributed by atoms with Crippen LogP contribution >= 0.6 is 11.6 Å². The van der Waals surface area contributed by atoms with Crippen LogP contribution in [0.1, 0.15) is 73.6 Å². The molecule has 1 aliphatic heterocycles. The Morgan fingerprint density at radius 2 is 1.85 bits per heavy atom. The van der Waals surface area contributed by atoms with Crippen molar-refractivity contribution < 1.29 is 14.6 Å². The summed E-state index contributed by atoms with van der Waals surface area (Å²) in [7, 11) is 0. The first-order valence-corrected chi connectivity index (χ1v) is 12.0. The summed E-state index contributed by atoms with van der Waals surface area (Å²) in [6.07, 6.45) is 5.14. The van der Waals surface area contributed by atoms with E-state index in [2.05, 4.69) is 24.0 Å². The molecule has 0 aliphatic carbocycles. The van der Waals surface area contributed by atoms with Crippen molar-refractivity contribution in [2.24, 2.45) is 0 Å². The summed E-state index contributed by atoms with van der Waals surface area (Å²) in [6.45, 7) is 5.61. The lowest BCUT2D eigenvalue weighted by atomic mass is 9.95. The minimum atomic E-state index is -0.304. The van der Waals surface area contributed by atoms with Gasteiger partial charge in [0.1, 0.15) is 22.9 Å². The molecule has 0 bridgehead atoms. The highest BCUT2D eigenvalue weighted by molar-refractivity contribution is 6.31. The molecule has 3 aromatic rings. The minimum Gasteiger partial charge on any atom is -0.507 e. The van der Waals surface area contributed by atoms with Crippen molar-refractivity contribution in [3.05, 3.63) is 64.3 Å². The maximum Gasteiger partial charge on any atom is 0.273 e. The predicted octanol–water partition coefficient (Wildman–Crippen LogP) is 6.35. The highest BCUT2D eigenvalue weighted by Gasteiger charge is 2.42. The van der Waals surface area contributed by atoms with E-state index in [-0.39, 0.29) is 17.7 Å². The monoisotopic (exact) mass is 467 g/mol. The van der Waals surface area contributed by atoms with Gasteiger partial charge in [-0.25, -0.2) is 0 Å². The number of hydrogen-bond acceptors (Lipinski definition) is 4. The largest absolute Gasteiger partial charge is 0.507 e. The second kappa shape index (κ2) is 10.3. The van der Waals surface area contributed by atoms with Gasteiger partial charge >= 0.3 is 0 Å². The number of amides is 1. The van der Waals surface area contributed by atoms with E-state index in [1.54, 1.807) is 18.2 Å². The van der Waals surface area contributed by atoms with Gasteiger partial charge in [-0.3, -0.25) is 9.89 Å². The third-order valence-electron chi connectivity index (χ3n) is 6.04. The number of phenols is 1. The lowest BCUT2D eigenvalue weighted by molar-refractivity contribution is 0.0740. The van der Waals surface area contributed by atoms with Crippen molar-refractivity contribution in [2.45, 2.75) is 52.0 Å². The van der Waals surface area contributed by atoms with Gasteiger partial charge in [0.25, 0.3) is 5.91 Å². The number of aromatic amines is 1. The SMILES string of the molecule is CCCCCN1C(=O)c2[nH]nc(-c3cc(Cl)ccc3O)c2C1c1ccc(OCCCC)cc1. The Morgan fingerprint density at radius 1 is 1.09 bits per heavy atom. The summed E-state index contributed by atoms with van der Waals surface area (Å²) in [5.41, 5.74) is 3.27. The summed E-state index contributed by atoms with van der Waals surface area (Å²) >= 11 is 6.21. The van der Waals surface area contributed by atoms with Crippen LogP contribution in [-0.4, -0.2) is 39.3 Å². The number of aromatic nitrogens is 2. The highest BCUT2D eigenvalue weighted by atomic mass is 35.5. The molecule has 33 heavy (non-hydrogen) atoms. The third kappa shape index (κ3) is 4.71. The van der Waals surface area contributed by atoms with Crippen LogP contribution in [-0.2, 0) is 0 Å². The zero-order valence-corrected chi connectivity index (χ0v) is 19.9. The second-order valence-corrected chi connectivity index (χ2v) is 8.84. The number of aromatic hydroxyl groups is 1. The summed E-state index contributed by atoms with van der Waals surface area (Å²) < 4.78 is 5.82. The fourth-order valence-corrected chi connectivity index (χ4v) is 4.46. The third-order valence-corrected chi connectivity index (χ3v) is 6.28. The zero-order valence-electron chi connectivity index (χ0n) is 19.1. The first-order chi connectivity index (χ1) is 16.0. The second-order valence-electron chi connectivity index (χ2n) is 8.40. The van der Waals surface area contributed by atoms with Crippen LogP contribution in [0.15, 0.2) is 42.5 Å². The van der Waals surface area contributed by atoms with Gasteiger partial charge in [0.05, 0.1) is 12.6 Å². The molecule has 0 fully saturated rings. The molecule has 4 rings (SSSR count). The summed E-state index contributed by atoms with van der Waals surface area (Å²) in [5, 5.41) is 18.4. The molecule has 7 heteroatoms. The van der Waals surface area contributed by atoms with Gasteiger partial charge in [-0.1, -0.05) is 56.8 Å². The number of halogens is 1.